The molecule has 28 heavy (non-hydrogen) atoms. The Morgan fingerprint density at radius 3 is 2.82 bits per heavy atom. The number of urea groups is 1. The van der Waals surface area contributed by atoms with E-state index in [1.54, 1.807) is 25.2 Å². The number of hydrogen-bond donors (Lipinski definition) is 1. The Hall–Kier alpha value is -2.48. The predicted octanol–water partition coefficient (Wildman–Crippen LogP) is 3.07. The van der Waals surface area contributed by atoms with Gasteiger partial charge in [-0.15, -0.1) is 11.3 Å². The molecule has 4 rings (SSSR count). The molecule has 0 saturated carbocycles. The molecule has 1 aromatic carbocycles. The number of rotatable bonds is 5. The van der Waals surface area contributed by atoms with Crippen molar-refractivity contribution in [3.05, 3.63) is 29.3 Å². The number of thiazole rings is 1. The number of carbonyl (C=O) groups is 3. The van der Waals surface area contributed by atoms with Gasteiger partial charge in [0.1, 0.15) is 10.5 Å². The molecule has 1 aromatic heterocycles. The molecule has 7 nitrogen and oxygen atoms in total. The van der Waals surface area contributed by atoms with E-state index in [0.717, 1.165) is 34.6 Å². The van der Waals surface area contributed by atoms with E-state index in [0.29, 0.717) is 12.8 Å². The molecule has 0 aliphatic carbocycles. The summed E-state index contributed by atoms with van der Waals surface area (Å²) < 4.78 is 1.14. The molecule has 2 fully saturated rings. The molecule has 0 radical (unpaired) electrons. The second-order valence-corrected chi connectivity index (χ2v) is 8.94. The molecule has 2 aliphatic heterocycles. The lowest BCUT2D eigenvalue weighted by Crippen LogP contribution is -2.40. The number of fused-ring (bicyclic) bond motifs is 1. The van der Waals surface area contributed by atoms with E-state index >= 15 is 0 Å². The lowest BCUT2D eigenvalue weighted by atomic mass is 10.1. The third kappa shape index (κ3) is 3.37. The quantitative estimate of drug-likeness (QED) is 0.782. The SMILES string of the molecule is CC1(C)NC(=O)N(CCCC(=O)N2CCC[C@@H]2c2nc3ccccc3s2)C1=O. The lowest BCUT2D eigenvalue weighted by Gasteiger charge is -2.23. The first-order valence-corrected chi connectivity index (χ1v) is 10.5. The van der Waals surface area contributed by atoms with Crippen LogP contribution in [-0.2, 0) is 9.59 Å². The summed E-state index contributed by atoms with van der Waals surface area (Å²) in [6.07, 6.45) is 2.68. The van der Waals surface area contributed by atoms with Crippen molar-refractivity contribution in [3.8, 4) is 0 Å². The van der Waals surface area contributed by atoms with E-state index in [4.69, 9.17) is 4.98 Å². The van der Waals surface area contributed by atoms with Crippen LogP contribution in [0.2, 0.25) is 0 Å². The van der Waals surface area contributed by atoms with Crippen LogP contribution in [0.4, 0.5) is 4.79 Å². The zero-order chi connectivity index (χ0) is 19.9. The first-order valence-electron chi connectivity index (χ1n) is 9.66. The lowest BCUT2D eigenvalue weighted by molar-refractivity contribution is -0.133. The number of likely N-dealkylation sites (tertiary alicyclic amines) is 1. The van der Waals surface area contributed by atoms with Gasteiger partial charge in [0.05, 0.1) is 16.3 Å². The second-order valence-electron chi connectivity index (χ2n) is 7.88. The molecule has 3 heterocycles. The number of nitrogens with zero attached hydrogens (tertiary/aromatic N) is 3. The summed E-state index contributed by atoms with van der Waals surface area (Å²) in [7, 11) is 0. The maximum Gasteiger partial charge on any atom is 0.325 e. The van der Waals surface area contributed by atoms with Crippen LogP contribution in [-0.4, -0.2) is 51.3 Å². The molecule has 0 bridgehead atoms. The third-order valence-corrected chi connectivity index (χ3v) is 6.52. The summed E-state index contributed by atoms with van der Waals surface area (Å²) in [4.78, 5) is 44.8. The summed E-state index contributed by atoms with van der Waals surface area (Å²) in [5.41, 5.74) is 0.108. The minimum absolute atomic E-state index is 0.0283. The van der Waals surface area contributed by atoms with Crippen molar-refractivity contribution >= 4 is 39.4 Å². The number of para-hydroxylation sites is 1. The number of aromatic nitrogens is 1. The predicted molar refractivity (Wildman–Crippen MR) is 107 cm³/mol. The maximum absolute atomic E-state index is 12.8. The van der Waals surface area contributed by atoms with Crippen molar-refractivity contribution < 1.29 is 14.4 Å². The smallest absolute Gasteiger partial charge is 0.325 e. The minimum atomic E-state index is -0.867. The Morgan fingerprint density at radius 2 is 2.11 bits per heavy atom. The number of benzene rings is 1. The van der Waals surface area contributed by atoms with Gasteiger partial charge in [-0.25, -0.2) is 9.78 Å². The number of amides is 4. The van der Waals surface area contributed by atoms with Crippen molar-refractivity contribution in [1.82, 2.24) is 20.1 Å². The van der Waals surface area contributed by atoms with Crippen LogP contribution in [0, 0.1) is 0 Å². The van der Waals surface area contributed by atoms with E-state index in [-0.39, 0.29) is 30.4 Å². The van der Waals surface area contributed by atoms with Gasteiger partial charge in [0.2, 0.25) is 5.91 Å². The van der Waals surface area contributed by atoms with Crippen LogP contribution >= 0.6 is 11.3 Å². The maximum atomic E-state index is 12.8. The van der Waals surface area contributed by atoms with Crippen molar-refractivity contribution in [2.45, 2.75) is 51.1 Å². The average molecular weight is 401 g/mol. The van der Waals surface area contributed by atoms with Crippen molar-refractivity contribution in [2.75, 3.05) is 13.1 Å². The molecule has 1 N–H and O–H groups in total. The summed E-state index contributed by atoms with van der Waals surface area (Å²) in [5, 5.41) is 3.65. The number of imide groups is 1. The molecular weight excluding hydrogens is 376 g/mol. The molecule has 2 aromatic rings. The van der Waals surface area contributed by atoms with Gasteiger partial charge >= 0.3 is 6.03 Å². The van der Waals surface area contributed by atoms with Crippen LogP contribution in [0.5, 0.6) is 0 Å². The third-order valence-electron chi connectivity index (χ3n) is 5.39. The van der Waals surface area contributed by atoms with Crippen LogP contribution in [0.3, 0.4) is 0 Å². The molecular formula is C20H24N4O3S. The van der Waals surface area contributed by atoms with Gasteiger partial charge in [-0.3, -0.25) is 14.5 Å². The second kappa shape index (κ2) is 7.16. The summed E-state index contributed by atoms with van der Waals surface area (Å²) >= 11 is 1.65. The van der Waals surface area contributed by atoms with Crippen LogP contribution < -0.4 is 5.32 Å². The van der Waals surface area contributed by atoms with Crippen LogP contribution in [0.1, 0.15) is 50.6 Å². The normalized spacial score (nSPS) is 21.6. The Morgan fingerprint density at radius 1 is 1.32 bits per heavy atom. The topological polar surface area (TPSA) is 82.6 Å². The molecule has 2 aliphatic rings. The van der Waals surface area contributed by atoms with Gasteiger partial charge in [-0.05, 0) is 45.2 Å². The van der Waals surface area contributed by atoms with Crippen molar-refractivity contribution in [2.24, 2.45) is 0 Å². The van der Waals surface area contributed by atoms with Gasteiger partial charge in [0, 0.05) is 19.5 Å². The van der Waals surface area contributed by atoms with Crippen LogP contribution in [0.25, 0.3) is 10.2 Å². The highest BCUT2D eigenvalue weighted by Crippen LogP contribution is 2.36. The van der Waals surface area contributed by atoms with Crippen molar-refractivity contribution in [1.29, 1.82) is 0 Å². The largest absolute Gasteiger partial charge is 0.333 e. The molecule has 0 unspecified atom stereocenters. The van der Waals surface area contributed by atoms with Gasteiger partial charge in [-0.1, -0.05) is 12.1 Å². The highest BCUT2D eigenvalue weighted by molar-refractivity contribution is 7.18. The van der Waals surface area contributed by atoms with Gasteiger partial charge < -0.3 is 10.2 Å². The molecule has 0 spiro atoms. The minimum Gasteiger partial charge on any atom is -0.333 e. The summed E-state index contributed by atoms with van der Waals surface area (Å²) in [6.45, 7) is 4.37. The summed E-state index contributed by atoms with van der Waals surface area (Å²) in [6, 6.07) is 7.67. The molecule has 1 atom stereocenters. The van der Waals surface area contributed by atoms with E-state index < -0.39 is 5.54 Å². The number of carbonyl (C=O) groups excluding carboxylic acids is 3. The molecule has 4 amide bonds. The first-order chi connectivity index (χ1) is 13.4. The van der Waals surface area contributed by atoms with E-state index in [2.05, 4.69) is 11.4 Å². The fraction of sp³-hybridized carbons (Fsp3) is 0.500. The standard InChI is InChI=1S/C20H24N4O3S/c1-20(2)18(26)24(19(27)22-20)12-6-10-16(25)23-11-5-8-14(23)17-21-13-7-3-4-9-15(13)28-17/h3-4,7,9,14H,5-6,8,10-12H2,1-2H3,(H,22,27)/t14-/m1/s1. The van der Waals surface area contributed by atoms with E-state index in [1.807, 2.05) is 23.1 Å². The monoisotopic (exact) mass is 400 g/mol. The molecule has 8 heteroatoms. The highest BCUT2D eigenvalue weighted by atomic mass is 32.1. The number of hydrogen-bond acceptors (Lipinski definition) is 5. The van der Waals surface area contributed by atoms with Gasteiger partial charge in [-0.2, -0.15) is 0 Å². The fourth-order valence-electron chi connectivity index (χ4n) is 3.91. The van der Waals surface area contributed by atoms with Gasteiger partial charge in [0.25, 0.3) is 5.91 Å². The zero-order valence-electron chi connectivity index (χ0n) is 16.1. The molecule has 148 valence electrons. The number of nitrogens with one attached hydrogen (secondary N) is 1. The van der Waals surface area contributed by atoms with E-state index in [9.17, 15) is 14.4 Å². The Labute approximate surface area is 167 Å². The zero-order valence-corrected chi connectivity index (χ0v) is 16.9. The van der Waals surface area contributed by atoms with Crippen molar-refractivity contribution in [3.63, 3.8) is 0 Å². The Balaban J connectivity index is 1.38. The van der Waals surface area contributed by atoms with Gasteiger partial charge in [0.15, 0.2) is 0 Å². The van der Waals surface area contributed by atoms with Crippen LogP contribution in [0.15, 0.2) is 24.3 Å². The van der Waals surface area contributed by atoms with E-state index in [1.165, 1.54) is 4.90 Å². The summed E-state index contributed by atoms with van der Waals surface area (Å²) in [5.74, 6) is -0.174. The fourth-order valence-corrected chi connectivity index (χ4v) is 5.02. The Kier molecular flexibility index (Phi) is 4.82. The highest BCUT2D eigenvalue weighted by Gasteiger charge is 2.43. The Bertz CT molecular complexity index is 905. The first kappa shape index (κ1) is 18.9. The molecule has 2 saturated heterocycles. The average Bonchev–Trinajstić information content (AvgIpc) is 3.33.